The minimum Gasteiger partial charge on any atom is -0.456 e. The molecule has 0 aliphatic rings. The van der Waals surface area contributed by atoms with Gasteiger partial charge in [0.25, 0.3) is 0 Å². The second kappa shape index (κ2) is 5.91. The van der Waals surface area contributed by atoms with Gasteiger partial charge < -0.3 is 10.5 Å². The van der Waals surface area contributed by atoms with Gasteiger partial charge in [-0.25, -0.2) is 0 Å². The Kier molecular flexibility index (Phi) is 4.39. The van der Waals surface area contributed by atoms with Gasteiger partial charge in [-0.2, -0.15) is 13.2 Å². The zero-order chi connectivity index (χ0) is 15.6. The van der Waals surface area contributed by atoms with Gasteiger partial charge in [-0.1, -0.05) is 23.8 Å². The van der Waals surface area contributed by atoms with E-state index < -0.39 is 11.7 Å². The zero-order valence-electron chi connectivity index (χ0n) is 10.4. The molecule has 110 valence electrons. The molecule has 0 unspecified atom stereocenters. The Bertz CT molecular complexity index is 671. The van der Waals surface area contributed by atoms with E-state index in [2.05, 4.69) is 0 Å². The lowest BCUT2D eigenvalue weighted by Gasteiger charge is -2.10. The summed E-state index contributed by atoms with van der Waals surface area (Å²) in [6, 6.07) is 9.02. The number of benzene rings is 2. The summed E-state index contributed by atoms with van der Waals surface area (Å²) >= 11 is 10.8. The highest BCUT2D eigenvalue weighted by molar-refractivity contribution is 7.80. The molecule has 0 aromatic heterocycles. The Labute approximate surface area is 129 Å². The van der Waals surface area contributed by atoms with Gasteiger partial charge in [-0.15, -0.1) is 0 Å². The van der Waals surface area contributed by atoms with Crippen molar-refractivity contribution in [2.24, 2.45) is 5.73 Å². The van der Waals surface area contributed by atoms with E-state index in [1.165, 1.54) is 18.2 Å². The van der Waals surface area contributed by atoms with Crippen LogP contribution >= 0.6 is 23.8 Å². The number of hydrogen-bond donors (Lipinski definition) is 1. The van der Waals surface area contributed by atoms with Crippen molar-refractivity contribution in [3.05, 3.63) is 58.6 Å². The molecule has 2 rings (SSSR count). The van der Waals surface area contributed by atoms with Crippen molar-refractivity contribution < 1.29 is 17.9 Å². The summed E-state index contributed by atoms with van der Waals surface area (Å²) in [5.41, 5.74) is 5.30. The van der Waals surface area contributed by atoms with Crippen molar-refractivity contribution in [2.45, 2.75) is 6.18 Å². The van der Waals surface area contributed by atoms with Crippen molar-refractivity contribution in [3.8, 4) is 11.5 Å². The van der Waals surface area contributed by atoms with Crippen LogP contribution in [0, 0.1) is 0 Å². The van der Waals surface area contributed by atoms with E-state index in [-0.39, 0.29) is 15.8 Å². The molecule has 0 heterocycles. The molecule has 0 atom stereocenters. The Morgan fingerprint density at radius 2 is 1.71 bits per heavy atom. The van der Waals surface area contributed by atoms with Crippen molar-refractivity contribution in [1.29, 1.82) is 0 Å². The largest absolute Gasteiger partial charge is 0.456 e. The Hall–Kier alpha value is -1.79. The zero-order valence-corrected chi connectivity index (χ0v) is 12.0. The molecule has 0 aliphatic carbocycles. The van der Waals surface area contributed by atoms with E-state index in [1.807, 2.05) is 0 Å². The fourth-order valence-corrected chi connectivity index (χ4v) is 1.92. The molecule has 2 N–H and O–H groups in total. The second-order valence-corrected chi connectivity index (χ2v) is 4.98. The van der Waals surface area contributed by atoms with Crippen LogP contribution in [0.15, 0.2) is 42.5 Å². The van der Waals surface area contributed by atoms with Crippen molar-refractivity contribution >= 4 is 28.8 Å². The summed E-state index contributed by atoms with van der Waals surface area (Å²) in [5.74, 6) is 0.546. The number of alkyl halides is 3. The first-order chi connectivity index (χ1) is 9.77. The SMILES string of the molecule is NC(=S)c1ccc(Oc2ccc(C(F)(F)F)cc2)c(Cl)c1. The third-order valence-corrected chi connectivity index (χ3v) is 3.16. The van der Waals surface area contributed by atoms with E-state index in [0.29, 0.717) is 11.3 Å². The molecule has 7 heteroatoms. The van der Waals surface area contributed by atoms with Crippen LogP contribution < -0.4 is 10.5 Å². The highest BCUT2D eigenvalue weighted by Gasteiger charge is 2.30. The predicted molar refractivity (Wildman–Crippen MR) is 78.9 cm³/mol. The van der Waals surface area contributed by atoms with Gasteiger partial charge in [-0.3, -0.25) is 0 Å². The van der Waals surface area contributed by atoms with Crippen molar-refractivity contribution in [1.82, 2.24) is 0 Å². The summed E-state index contributed by atoms with van der Waals surface area (Å²) in [5, 5.41) is 0.264. The normalized spacial score (nSPS) is 11.2. The van der Waals surface area contributed by atoms with Crippen LogP contribution in [0.25, 0.3) is 0 Å². The molecule has 0 aliphatic heterocycles. The summed E-state index contributed by atoms with van der Waals surface area (Å²) in [6.07, 6.45) is -4.38. The van der Waals surface area contributed by atoms with Gasteiger partial charge in [0, 0.05) is 5.56 Å². The third-order valence-electron chi connectivity index (χ3n) is 2.63. The van der Waals surface area contributed by atoms with E-state index >= 15 is 0 Å². The molecule has 0 radical (unpaired) electrons. The molecular weight excluding hydrogens is 323 g/mol. The number of halogens is 4. The number of ether oxygens (including phenoxy) is 1. The van der Waals surface area contributed by atoms with E-state index in [0.717, 1.165) is 12.1 Å². The Morgan fingerprint density at radius 1 is 1.10 bits per heavy atom. The number of hydrogen-bond acceptors (Lipinski definition) is 2. The van der Waals surface area contributed by atoms with Crippen LogP contribution in [0.4, 0.5) is 13.2 Å². The summed E-state index contributed by atoms with van der Waals surface area (Å²) in [6.45, 7) is 0. The van der Waals surface area contributed by atoms with Crippen LogP contribution in [0.3, 0.4) is 0 Å². The highest BCUT2D eigenvalue weighted by atomic mass is 35.5. The molecule has 2 nitrogen and oxygen atoms in total. The maximum absolute atomic E-state index is 12.4. The molecule has 0 amide bonds. The molecule has 21 heavy (non-hydrogen) atoms. The summed E-state index contributed by atoms with van der Waals surface area (Å²) in [7, 11) is 0. The number of thiocarbonyl (C=S) groups is 1. The van der Waals surface area contributed by atoms with Crippen LogP contribution in [0.1, 0.15) is 11.1 Å². The molecule has 0 saturated heterocycles. The second-order valence-electron chi connectivity index (χ2n) is 4.13. The third kappa shape index (κ3) is 3.86. The van der Waals surface area contributed by atoms with Crippen LogP contribution in [0.5, 0.6) is 11.5 Å². The molecule has 2 aromatic rings. The van der Waals surface area contributed by atoms with E-state index in [9.17, 15) is 13.2 Å². The van der Waals surface area contributed by atoms with E-state index in [1.54, 1.807) is 12.1 Å². The van der Waals surface area contributed by atoms with Crippen molar-refractivity contribution in [3.63, 3.8) is 0 Å². The lowest BCUT2D eigenvalue weighted by atomic mass is 10.2. The minimum atomic E-state index is -4.38. The lowest BCUT2D eigenvalue weighted by Crippen LogP contribution is -2.08. The van der Waals surface area contributed by atoms with Gasteiger partial charge >= 0.3 is 6.18 Å². The average molecular weight is 332 g/mol. The van der Waals surface area contributed by atoms with Gasteiger partial charge in [0.1, 0.15) is 16.5 Å². The van der Waals surface area contributed by atoms with Gasteiger partial charge in [0.15, 0.2) is 0 Å². The molecule has 0 saturated carbocycles. The first kappa shape index (κ1) is 15.6. The fourth-order valence-electron chi connectivity index (χ4n) is 1.58. The fraction of sp³-hybridized carbons (Fsp3) is 0.0714. The van der Waals surface area contributed by atoms with Crippen LogP contribution in [-0.2, 0) is 6.18 Å². The van der Waals surface area contributed by atoms with Gasteiger partial charge in [0.2, 0.25) is 0 Å². The first-order valence-electron chi connectivity index (χ1n) is 5.72. The molecule has 2 aromatic carbocycles. The summed E-state index contributed by atoms with van der Waals surface area (Å²) < 4.78 is 42.8. The molecule has 0 fully saturated rings. The maximum atomic E-state index is 12.4. The summed E-state index contributed by atoms with van der Waals surface area (Å²) in [4.78, 5) is 0.193. The predicted octanol–water partition coefficient (Wildman–Crippen LogP) is 4.79. The van der Waals surface area contributed by atoms with Crippen LogP contribution in [-0.4, -0.2) is 4.99 Å². The highest BCUT2D eigenvalue weighted by Crippen LogP contribution is 2.33. The standard InChI is InChI=1S/C14H9ClF3NOS/c15-11-7-8(13(19)21)1-6-12(11)20-10-4-2-9(3-5-10)14(16,17)18/h1-7H,(H2,19,21). The lowest BCUT2D eigenvalue weighted by molar-refractivity contribution is -0.137. The van der Waals surface area contributed by atoms with Crippen LogP contribution in [0.2, 0.25) is 5.02 Å². The first-order valence-corrected chi connectivity index (χ1v) is 6.50. The maximum Gasteiger partial charge on any atom is 0.416 e. The Balaban J connectivity index is 2.20. The number of rotatable bonds is 3. The van der Waals surface area contributed by atoms with Gasteiger partial charge in [0.05, 0.1) is 10.6 Å². The quantitative estimate of drug-likeness (QED) is 0.822. The minimum absolute atomic E-state index is 0.193. The molecule has 0 bridgehead atoms. The van der Waals surface area contributed by atoms with E-state index in [4.69, 9.17) is 34.3 Å². The van der Waals surface area contributed by atoms with Crippen molar-refractivity contribution in [2.75, 3.05) is 0 Å². The molecule has 0 spiro atoms. The topological polar surface area (TPSA) is 35.2 Å². The average Bonchev–Trinajstić information content (AvgIpc) is 2.40. The molecular formula is C14H9ClF3NOS. The monoisotopic (exact) mass is 331 g/mol. The Morgan fingerprint density at radius 3 is 2.19 bits per heavy atom. The number of nitrogens with two attached hydrogens (primary N) is 1. The smallest absolute Gasteiger partial charge is 0.416 e. The van der Waals surface area contributed by atoms with Gasteiger partial charge in [-0.05, 0) is 42.5 Å².